The zero-order chi connectivity index (χ0) is 20.6. The molecule has 3 aromatic carbocycles. The molecular weight excluding hydrogens is 374 g/mol. The summed E-state index contributed by atoms with van der Waals surface area (Å²) in [7, 11) is 0. The Bertz CT molecular complexity index is 1130. The van der Waals surface area contributed by atoms with Gasteiger partial charge in [-0.05, 0) is 17.2 Å². The Morgan fingerprint density at radius 2 is 1.62 bits per heavy atom. The highest BCUT2D eigenvalue weighted by atomic mass is 16.6. The number of non-ortho nitro benzene ring substituents is 1. The Balaban J connectivity index is 1.65. The van der Waals surface area contributed by atoms with Crippen LogP contribution >= 0.6 is 0 Å². The first-order valence-corrected chi connectivity index (χ1v) is 8.65. The number of rotatable bonds is 4. The summed E-state index contributed by atoms with van der Waals surface area (Å²) in [5.41, 5.74) is 2.54. The summed E-state index contributed by atoms with van der Waals surface area (Å²) in [5.74, 6) is -1.01. The number of nitro groups is 1. The average molecular weight is 389 g/mol. The van der Waals surface area contributed by atoms with Gasteiger partial charge in [0.1, 0.15) is 5.75 Å². The summed E-state index contributed by atoms with van der Waals surface area (Å²) in [6, 6.07) is 17.5. The Morgan fingerprint density at radius 1 is 1.03 bits per heavy atom. The fourth-order valence-electron chi connectivity index (χ4n) is 3.46. The first-order valence-electron chi connectivity index (χ1n) is 8.65. The highest BCUT2D eigenvalue weighted by Gasteiger charge is 2.47. The third-order valence-corrected chi connectivity index (χ3v) is 4.84. The van der Waals surface area contributed by atoms with Crippen LogP contribution in [0.2, 0.25) is 0 Å². The van der Waals surface area contributed by atoms with Crippen LogP contribution < -0.4 is 5.43 Å². The van der Waals surface area contributed by atoms with Crippen LogP contribution in [0.25, 0.3) is 11.1 Å². The van der Waals surface area contributed by atoms with E-state index in [0.717, 1.165) is 35.5 Å². The van der Waals surface area contributed by atoms with Gasteiger partial charge >= 0.3 is 0 Å². The lowest BCUT2D eigenvalue weighted by atomic mass is 9.91. The first kappa shape index (κ1) is 18.3. The monoisotopic (exact) mass is 389 g/mol. The number of nitro benzene ring substituents is 1. The standard InChI is InChI=1S/C21H15N3O5/c25-19-10-9-14(24(28)29)11-13(19)12-22-23-20(26)21(27)17-7-3-1-5-15(17)16-6-2-4-8-18(16)21/h1-12,25,27H,(H,23,26). The molecule has 3 N–H and O–H groups in total. The molecule has 1 amide bonds. The van der Waals surface area contributed by atoms with Gasteiger partial charge < -0.3 is 10.2 Å². The predicted octanol–water partition coefficient (Wildman–Crippen LogP) is 2.67. The number of hydrogen-bond acceptors (Lipinski definition) is 6. The molecule has 4 rings (SSSR count). The Labute approximate surface area is 164 Å². The molecule has 0 aliphatic heterocycles. The van der Waals surface area contributed by atoms with Gasteiger partial charge in [-0.3, -0.25) is 14.9 Å². The number of benzene rings is 3. The summed E-state index contributed by atoms with van der Waals surface area (Å²) >= 11 is 0. The van der Waals surface area contributed by atoms with Crippen LogP contribution in [-0.2, 0) is 10.4 Å². The second-order valence-corrected chi connectivity index (χ2v) is 6.50. The predicted molar refractivity (Wildman–Crippen MR) is 105 cm³/mol. The zero-order valence-electron chi connectivity index (χ0n) is 14.9. The number of carbonyl (C=O) groups is 1. The lowest BCUT2D eigenvalue weighted by molar-refractivity contribution is -0.384. The number of phenols is 1. The van der Waals surface area contributed by atoms with Crippen molar-refractivity contribution in [2.45, 2.75) is 5.60 Å². The SMILES string of the molecule is O=C(NN=Cc1cc([N+](=O)[O-])ccc1O)C1(O)c2ccccc2-c2ccccc21. The lowest BCUT2D eigenvalue weighted by Crippen LogP contribution is -2.42. The van der Waals surface area contributed by atoms with Gasteiger partial charge in [0.15, 0.2) is 5.60 Å². The number of amides is 1. The number of phenolic OH excluding ortho intramolecular Hbond substituents is 1. The number of carbonyl (C=O) groups excluding carboxylic acids is 1. The van der Waals surface area contributed by atoms with Crippen molar-refractivity contribution in [3.63, 3.8) is 0 Å². The molecule has 0 heterocycles. The number of aliphatic hydroxyl groups is 1. The van der Waals surface area contributed by atoms with Gasteiger partial charge in [-0.1, -0.05) is 48.5 Å². The van der Waals surface area contributed by atoms with E-state index >= 15 is 0 Å². The van der Waals surface area contributed by atoms with E-state index in [1.807, 2.05) is 24.3 Å². The Morgan fingerprint density at radius 3 is 2.21 bits per heavy atom. The summed E-state index contributed by atoms with van der Waals surface area (Å²) in [5, 5.41) is 35.8. The van der Waals surface area contributed by atoms with E-state index in [9.17, 15) is 25.1 Å². The minimum atomic E-state index is -1.94. The quantitative estimate of drug-likeness (QED) is 0.359. The van der Waals surface area contributed by atoms with Crippen molar-refractivity contribution in [3.8, 4) is 16.9 Å². The topological polar surface area (TPSA) is 125 Å². The smallest absolute Gasteiger partial charge is 0.281 e. The van der Waals surface area contributed by atoms with E-state index in [4.69, 9.17) is 0 Å². The van der Waals surface area contributed by atoms with E-state index in [0.29, 0.717) is 11.1 Å². The maximum absolute atomic E-state index is 12.9. The molecule has 8 nitrogen and oxygen atoms in total. The Kier molecular flexibility index (Phi) is 4.33. The van der Waals surface area contributed by atoms with Crippen LogP contribution in [0, 0.1) is 10.1 Å². The molecule has 0 radical (unpaired) electrons. The molecular formula is C21H15N3O5. The molecule has 1 aliphatic carbocycles. The van der Waals surface area contributed by atoms with Crippen LogP contribution in [0.3, 0.4) is 0 Å². The number of fused-ring (bicyclic) bond motifs is 3. The summed E-state index contributed by atoms with van der Waals surface area (Å²) in [6.45, 7) is 0. The summed E-state index contributed by atoms with van der Waals surface area (Å²) in [6.07, 6.45) is 1.08. The lowest BCUT2D eigenvalue weighted by Gasteiger charge is -2.23. The highest BCUT2D eigenvalue weighted by Crippen LogP contribution is 2.47. The minimum absolute atomic E-state index is 0.0544. The molecule has 1 aliphatic rings. The number of aromatic hydroxyl groups is 1. The minimum Gasteiger partial charge on any atom is -0.507 e. The van der Waals surface area contributed by atoms with Gasteiger partial charge in [-0.25, -0.2) is 5.43 Å². The number of hydrogen-bond donors (Lipinski definition) is 3. The third kappa shape index (κ3) is 2.91. The van der Waals surface area contributed by atoms with Crippen molar-refractivity contribution in [2.24, 2.45) is 5.10 Å². The van der Waals surface area contributed by atoms with Crippen LogP contribution in [-0.4, -0.2) is 27.3 Å². The van der Waals surface area contributed by atoms with Crippen LogP contribution in [0.4, 0.5) is 5.69 Å². The van der Waals surface area contributed by atoms with Gasteiger partial charge in [0, 0.05) is 28.8 Å². The molecule has 0 saturated heterocycles. The van der Waals surface area contributed by atoms with Gasteiger partial charge in [0.25, 0.3) is 11.6 Å². The molecule has 8 heteroatoms. The fraction of sp³-hybridized carbons (Fsp3) is 0.0476. The van der Waals surface area contributed by atoms with E-state index in [-0.39, 0.29) is 17.0 Å². The first-order chi connectivity index (χ1) is 13.9. The molecule has 0 atom stereocenters. The van der Waals surface area contributed by atoms with E-state index in [1.165, 1.54) is 0 Å². The van der Waals surface area contributed by atoms with Gasteiger partial charge in [-0.2, -0.15) is 5.10 Å². The van der Waals surface area contributed by atoms with E-state index in [1.54, 1.807) is 24.3 Å². The summed E-state index contributed by atoms with van der Waals surface area (Å²) in [4.78, 5) is 23.2. The van der Waals surface area contributed by atoms with Crippen molar-refractivity contribution < 1.29 is 19.9 Å². The van der Waals surface area contributed by atoms with Crippen LogP contribution in [0.15, 0.2) is 71.8 Å². The van der Waals surface area contributed by atoms with Gasteiger partial charge in [0.05, 0.1) is 11.1 Å². The van der Waals surface area contributed by atoms with Crippen molar-refractivity contribution in [1.82, 2.24) is 5.43 Å². The van der Waals surface area contributed by atoms with Gasteiger partial charge in [-0.15, -0.1) is 0 Å². The second kappa shape index (κ2) is 6.84. The zero-order valence-corrected chi connectivity index (χ0v) is 14.9. The van der Waals surface area contributed by atoms with Gasteiger partial charge in [0.2, 0.25) is 0 Å². The average Bonchev–Trinajstić information content (AvgIpc) is 3.00. The largest absolute Gasteiger partial charge is 0.507 e. The third-order valence-electron chi connectivity index (χ3n) is 4.84. The maximum Gasteiger partial charge on any atom is 0.281 e. The van der Waals surface area contributed by atoms with Crippen LogP contribution in [0.1, 0.15) is 16.7 Å². The number of nitrogens with one attached hydrogen (secondary N) is 1. The number of hydrazone groups is 1. The molecule has 29 heavy (non-hydrogen) atoms. The Hall–Kier alpha value is -4.04. The van der Waals surface area contributed by atoms with Crippen molar-refractivity contribution in [2.75, 3.05) is 0 Å². The molecule has 0 spiro atoms. The van der Waals surface area contributed by atoms with Crippen molar-refractivity contribution in [1.29, 1.82) is 0 Å². The normalized spacial score (nSPS) is 13.7. The molecule has 0 fully saturated rings. The second-order valence-electron chi connectivity index (χ2n) is 6.50. The van der Waals surface area contributed by atoms with Crippen molar-refractivity contribution in [3.05, 3.63) is 93.5 Å². The fourth-order valence-corrected chi connectivity index (χ4v) is 3.46. The molecule has 0 bridgehead atoms. The molecule has 0 saturated carbocycles. The molecule has 0 unspecified atom stereocenters. The van der Waals surface area contributed by atoms with E-state index < -0.39 is 16.4 Å². The molecule has 0 aromatic heterocycles. The maximum atomic E-state index is 12.9. The van der Waals surface area contributed by atoms with Crippen molar-refractivity contribution >= 4 is 17.8 Å². The van der Waals surface area contributed by atoms with E-state index in [2.05, 4.69) is 10.5 Å². The molecule has 144 valence electrons. The highest BCUT2D eigenvalue weighted by molar-refractivity contribution is 5.99. The van der Waals surface area contributed by atoms with Crippen LogP contribution in [0.5, 0.6) is 5.75 Å². The number of nitrogens with zero attached hydrogens (tertiary/aromatic N) is 2. The summed E-state index contributed by atoms with van der Waals surface area (Å²) < 4.78 is 0. The molecule has 3 aromatic rings.